The molecule has 0 amide bonds. The van der Waals surface area contributed by atoms with Crippen LogP contribution in [0.15, 0.2) is 54.9 Å². The van der Waals surface area contributed by atoms with Gasteiger partial charge in [-0.05, 0) is 73.2 Å². The molecule has 1 heterocycles. The number of hydrogen-bond donors (Lipinski definition) is 0. The van der Waals surface area contributed by atoms with E-state index in [1.165, 1.54) is 51.4 Å². The van der Waals surface area contributed by atoms with Crippen LogP contribution in [0.2, 0.25) is 0 Å². The number of carbonyl (C=O) groups excluding carboxylic acids is 1. The molecule has 0 fully saturated rings. The van der Waals surface area contributed by atoms with Crippen molar-refractivity contribution >= 4 is 5.97 Å². The summed E-state index contributed by atoms with van der Waals surface area (Å²) in [6, 6.07) is 14.7. The molecule has 0 saturated carbocycles. The molecule has 5 heteroatoms. The Hall–Kier alpha value is -3.52. The topological polar surface area (TPSA) is 75.9 Å². The summed E-state index contributed by atoms with van der Waals surface area (Å²) in [6.45, 7) is 4.42. The molecule has 3 rings (SSSR count). The fourth-order valence-corrected chi connectivity index (χ4v) is 4.35. The number of carbonyl (C=O) groups is 1. The lowest BCUT2D eigenvalue weighted by Crippen LogP contribution is -2.09. The molecular formula is C32H39N3O2. The van der Waals surface area contributed by atoms with E-state index in [9.17, 15) is 10.1 Å². The number of benzene rings is 2. The number of esters is 1. The Kier molecular flexibility index (Phi) is 11.8. The van der Waals surface area contributed by atoms with Crippen molar-refractivity contribution in [3.63, 3.8) is 0 Å². The maximum atomic E-state index is 12.7. The van der Waals surface area contributed by atoms with Crippen molar-refractivity contribution in [2.45, 2.75) is 90.9 Å². The summed E-state index contributed by atoms with van der Waals surface area (Å²) in [5.41, 5.74) is 3.93. The second-order valence-electron chi connectivity index (χ2n) is 9.64. The molecule has 0 unspecified atom stereocenters. The van der Waals surface area contributed by atoms with Crippen LogP contribution < -0.4 is 4.74 Å². The van der Waals surface area contributed by atoms with Crippen LogP contribution in [-0.4, -0.2) is 15.9 Å². The Morgan fingerprint density at radius 2 is 1.43 bits per heavy atom. The van der Waals surface area contributed by atoms with Crippen molar-refractivity contribution in [3.8, 4) is 23.2 Å². The molecule has 0 spiro atoms. The maximum Gasteiger partial charge on any atom is 0.343 e. The minimum Gasteiger partial charge on any atom is -0.423 e. The van der Waals surface area contributed by atoms with Gasteiger partial charge in [-0.2, -0.15) is 5.26 Å². The monoisotopic (exact) mass is 497 g/mol. The smallest absolute Gasteiger partial charge is 0.343 e. The van der Waals surface area contributed by atoms with E-state index in [-0.39, 0.29) is 0 Å². The van der Waals surface area contributed by atoms with Crippen molar-refractivity contribution in [3.05, 3.63) is 77.1 Å². The van der Waals surface area contributed by atoms with Crippen molar-refractivity contribution < 1.29 is 9.53 Å². The van der Waals surface area contributed by atoms with Crippen molar-refractivity contribution in [1.29, 1.82) is 5.26 Å². The van der Waals surface area contributed by atoms with Gasteiger partial charge in [-0.3, -0.25) is 0 Å². The van der Waals surface area contributed by atoms with Crippen molar-refractivity contribution in [2.75, 3.05) is 0 Å². The number of nitriles is 1. The Bertz CT molecular complexity index is 1150. The number of rotatable bonds is 15. The number of unbranched alkanes of at least 4 members (excludes halogenated alkanes) is 8. The van der Waals surface area contributed by atoms with Crippen molar-refractivity contribution in [2.24, 2.45) is 0 Å². The van der Waals surface area contributed by atoms with Gasteiger partial charge < -0.3 is 4.74 Å². The van der Waals surface area contributed by atoms with Gasteiger partial charge >= 0.3 is 5.97 Å². The Balaban J connectivity index is 1.54. The van der Waals surface area contributed by atoms with Gasteiger partial charge in [-0.15, -0.1) is 0 Å². The first-order valence-electron chi connectivity index (χ1n) is 13.8. The number of nitrogens with zero attached hydrogens (tertiary/aromatic N) is 3. The first-order valence-corrected chi connectivity index (χ1v) is 13.8. The van der Waals surface area contributed by atoms with Gasteiger partial charge in [0.2, 0.25) is 0 Å². The van der Waals surface area contributed by atoms with Gasteiger partial charge in [-0.1, -0.05) is 71.3 Å². The molecular weight excluding hydrogens is 458 g/mol. The lowest BCUT2D eigenvalue weighted by molar-refractivity contribution is 0.0734. The average Bonchev–Trinajstić information content (AvgIpc) is 2.93. The predicted octanol–water partition coefficient (Wildman–Crippen LogP) is 8.26. The van der Waals surface area contributed by atoms with Crippen LogP contribution in [0.3, 0.4) is 0 Å². The van der Waals surface area contributed by atoms with Gasteiger partial charge in [0, 0.05) is 18.0 Å². The molecule has 5 nitrogen and oxygen atoms in total. The molecule has 2 aromatic carbocycles. The predicted molar refractivity (Wildman–Crippen MR) is 149 cm³/mol. The molecule has 0 aliphatic rings. The second kappa shape index (κ2) is 15.6. The number of aromatic nitrogens is 2. The molecule has 194 valence electrons. The zero-order valence-corrected chi connectivity index (χ0v) is 22.3. The van der Waals surface area contributed by atoms with E-state index < -0.39 is 5.97 Å². The highest BCUT2D eigenvalue weighted by atomic mass is 16.5. The van der Waals surface area contributed by atoms with Gasteiger partial charge in [0.25, 0.3) is 0 Å². The summed E-state index contributed by atoms with van der Waals surface area (Å²) < 4.78 is 5.56. The average molecular weight is 498 g/mol. The molecule has 0 radical (unpaired) electrons. The van der Waals surface area contributed by atoms with E-state index in [1.54, 1.807) is 24.3 Å². The third-order valence-corrected chi connectivity index (χ3v) is 6.61. The second-order valence-corrected chi connectivity index (χ2v) is 9.64. The molecule has 3 aromatic rings. The lowest BCUT2D eigenvalue weighted by atomic mass is 9.99. The molecule has 0 aliphatic carbocycles. The van der Waals surface area contributed by atoms with E-state index in [1.807, 2.05) is 30.6 Å². The summed E-state index contributed by atoms with van der Waals surface area (Å²) in [5.74, 6) is 0.616. The minimum atomic E-state index is -0.474. The zero-order valence-electron chi connectivity index (χ0n) is 22.3. The molecule has 0 aliphatic heterocycles. The Morgan fingerprint density at radius 1 is 0.811 bits per heavy atom. The molecule has 1 aromatic heterocycles. The quantitative estimate of drug-likeness (QED) is 0.120. The van der Waals surface area contributed by atoms with Crippen LogP contribution in [0.5, 0.6) is 5.75 Å². The summed E-state index contributed by atoms with van der Waals surface area (Å²) in [5, 5.41) is 9.57. The van der Waals surface area contributed by atoms with Crippen LogP contribution in [-0.2, 0) is 12.8 Å². The highest BCUT2D eigenvalue weighted by molar-refractivity contribution is 5.91. The normalized spacial score (nSPS) is 10.7. The lowest BCUT2D eigenvalue weighted by Gasteiger charge is -2.08. The van der Waals surface area contributed by atoms with Crippen LogP contribution in [0.4, 0.5) is 0 Å². The summed E-state index contributed by atoms with van der Waals surface area (Å²) in [6.07, 6.45) is 17.8. The summed E-state index contributed by atoms with van der Waals surface area (Å²) >= 11 is 0. The molecule has 0 N–H and O–H groups in total. The third kappa shape index (κ3) is 9.13. The molecule has 0 atom stereocenters. The number of ether oxygens (including phenoxy) is 1. The number of aryl methyl sites for hydroxylation is 2. The highest BCUT2D eigenvalue weighted by Crippen LogP contribution is 2.22. The van der Waals surface area contributed by atoms with E-state index >= 15 is 0 Å². The molecule has 0 bridgehead atoms. The van der Waals surface area contributed by atoms with E-state index in [4.69, 9.17) is 4.74 Å². The first-order chi connectivity index (χ1) is 18.1. The van der Waals surface area contributed by atoms with E-state index in [0.29, 0.717) is 22.7 Å². The van der Waals surface area contributed by atoms with E-state index in [2.05, 4.69) is 29.9 Å². The SMILES string of the molecule is CCCCCCCc1cnc(-c2ccc(OC(=O)c3ccc(CCCCCCC)c(C#N)c3)cc2)nc1. The Morgan fingerprint density at radius 3 is 2.05 bits per heavy atom. The standard InChI is InChI=1S/C32H39N3O2/c1-3-5-7-9-11-13-25-23-34-31(35-24-25)27-17-19-30(20-18-27)37-32(36)28-16-15-26(29(21-28)22-33)14-12-10-8-6-4-2/h15-21,23-24H,3-14H2,1-2H3. The van der Waals surface area contributed by atoms with Crippen LogP contribution >= 0.6 is 0 Å². The molecule has 37 heavy (non-hydrogen) atoms. The summed E-state index contributed by atoms with van der Waals surface area (Å²) in [4.78, 5) is 21.7. The van der Waals surface area contributed by atoms with Gasteiger partial charge in [0.05, 0.1) is 17.2 Å². The van der Waals surface area contributed by atoms with E-state index in [0.717, 1.165) is 42.4 Å². The summed E-state index contributed by atoms with van der Waals surface area (Å²) in [7, 11) is 0. The largest absolute Gasteiger partial charge is 0.423 e. The fourth-order valence-electron chi connectivity index (χ4n) is 4.35. The van der Waals surface area contributed by atoms with Crippen LogP contribution in [0, 0.1) is 11.3 Å². The van der Waals surface area contributed by atoms with Gasteiger partial charge in [-0.25, -0.2) is 14.8 Å². The van der Waals surface area contributed by atoms with Gasteiger partial charge in [0.1, 0.15) is 5.75 Å². The van der Waals surface area contributed by atoms with Crippen molar-refractivity contribution in [1.82, 2.24) is 9.97 Å². The van der Waals surface area contributed by atoms with Gasteiger partial charge in [0.15, 0.2) is 5.82 Å². The minimum absolute atomic E-state index is 0.379. The van der Waals surface area contributed by atoms with Crippen LogP contribution in [0.1, 0.15) is 105 Å². The third-order valence-electron chi connectivity index (χ3n) is 6.61. The highest BCUT2D eigenvalue weighted by Gasteiger charge is 2.13. The number of hydrogen-bond acceptors (Lipinski definition) is 5. The molecule has 0 saturated heterocycles. The Labute approximate surface area is 221 Å². The zero-order chi connectivity index (χ0) is 26.3. The van der Waals surface area contributed by atoms with Crippen LogP contribution in [0.25, 0.3) is 11.4 Å². The first kappa shape index (κ1) is 28.1. The maximum absolute atomic E-state index is 12.7. The fraction of sp³-hybridized carbons (Fsp3) is 0.438.